The highest BCUT2D eigenvalue weighted by Gasteiger charge is 2.13. The van der Waals surface area contributed by atoms with Gasteiger partial charge in [-0.2, -0.15) is 5.10 Å². The van der Waals surface area contributed by atoms with Crippen molar-refractivity contribution in [1.29, 1.82) is 0 Å². The summed E-state index contributed by atoms with van der Waals surface area (Å²) in [5.74, 6) is 1.34. The van der Waals surface area contributed by atoms with Crippen molar-refractivity contribution in [3.8, 4) is 11.5 Å². The van der Waals surface area contributed by atoms with Crippen LogP contribution in [-0.4, -0.2) is 30.0 Å². The molecule has 5 nitrogen and oxygen atoms in total. The van der Waals surface area contributed by atoms with Gasteiger partial charge in [0.05, 0.1) is 19.3 Å². The van der Waals surface area contributed by atoms with Gasteiger partial charge >= 0.3 is 0 Å². The second kappa shape index (κ2) is 9.57. The first kappa shape index (κ1) is 20.2. The Morgan fingerprint density at radius 2 is 1.75 bits per heavy atom. The first-order valence-electron chi connectivity index (χ1n) is 9.00. The summed E-state index contributed by atoms with van der Waals surface area (Å²) in [5, 5.41) is 8.41. The van der Waals surface area contributed by atoms with Gasteiger partial charge in [-0.1, -0.05) is 23.7 Å². The number of nitrogens with one attached hydrogen (secondary N) is 1. The van der Waals surface area contributed by atoms with Gasteiger partial charge in [0.2, 0.25) is 0 Å². The molecule has 0 fully saturated rings. The third-order valence-electron chi connectivity index (χ3n) is 4.34. The fraction of sp³-hybridized carbons (Fsp3) is 0.286. The standard InChI is InChI=1S/C21H23ClFN3O2/c1-15-20(13-24-11-12-28-19-9-7-18(27-2)8-10-19)21(22)26(25-15)14-16-3-5-17(23)6-4-16/h3-10,24H,11-14H2,1-2H3. The third-order valence-corrected chi connectivity index (χ3v) is 4.76. The molecule has 3 rings (SSSR count). The van der Waals surface area contributed by atoms with E-state index < -0.39 is 0 Å². The molecule has 0 radical (unpaired) electrons. The van der Waals surface area contributed by atoms with E-state index in [9.17, 15) is 4.39 Å². The molecule has 0 atom stereocenters. The molecule has 148 valence electrons. The molecule has 0 aliphatic carbocycles. The minimum absolute atomic E-state index is 0.256. The van der Waals surface area contributed by atoms with Crippen LogP contribution >= 0.6 is 11.6 Å². The molecule has 0 aliphatic heterocycles. The lowest BCUT2D eigenvalue weighted by atomic mass is 10.2. The van der Waals surface area contributed by atoms with E-state index in [1.165, 1.54) is 12.1 Å². The predicted octanol–water partition coefficient (Wildman–Crippen LogP) is 4.21. The van der Waals surface area contributed by atoms with E-state index >= 15 is 0 Å². The first-order valence-corrected chi connectivity index (χ1v) is 9.38. The SMILES string of the molecule is COc1ccc(OCCNCc2c(C)nn(Cc3ccc(F)cc3)c2Cl)cc1. The van der Waals surface area contributed by atoms with Crippen molar-refractivity contribution >= 4 is 11.6 Å². The lowest BCUT2D eigenvalue weighted by molar-refractivity contribution is 0.313. The van der Waals surface area contributed by atoms with E-state index in [2.05, 4.69) is 10.4 Å². The Morgan fingerprint density at radius 1 is 1.07 bits per heavy atom. The molecule has 28 heavy (non-hydrogen) atoms. The highest BCUT2D eigenvalue weighted by molar-refractivity contribution is 6.30. The fourth-order valence-electron chi connectivity index (χ4n) is 2.79. The topological polar surface area (TPSA) is 48.3 Å². The van der Waals surface area contributed by atoms with Crippen LogP contribution in [0.25, 0.3) is 0 Å². The Bertz CT molecular complexity index is 895. The number of aromatic nitrogens is 2. The smallest absolute Gasteiger partial charge is 0.132 e. The monoisotopic (exact) mass is 403 g/mol. The molecule has 3 aromatic rings. The Kier molecular flexibility index (Phi) is 6.90. The van der Waals surface area contributed by atoms with Crippen molar-refractivity contribution in [2.24, 2.45) is 0 Å². The highest BCUT2D eigenvalue weighted by Crippen LogP contribution is 2.21. The largest absolute Gasteiger partial charge is 0.497 e. The molecule has 0 spiro atoms. The Labute approximate surface area is 169 Å². The maximum Gasteiger partial charge on any atom is 0.132 e. The van der Waals surface area contributed by atoms with Crippen molar-refractivity contribution in [1.82, 2.24) is 15.1 Å². The zero-order valence-electron chi connectivity index (χ0n) is 15.9. The second-order valence-electron chi connectivity index (χ2n) is 6.34. The zero-order valence-corrected chi connectivity index (χ0v) is 16.7. The highest BCUT2D eigenvalue weighted by atomic mass is 35.5. The fourth-order valence-corrected chi connectivity index (χ4v) is 3.09. The van der Waals surface area contributed by atoms with Crippen molar-refractivity contribution in [2.45, 2.75) is 20.0 Å². The number of hydrogen-bond donors (Lipinski definition) is 1. The van der Waals surface area contributed by atoms with Crippen molar-refractivity contribution < 1.29 is 13.9 Å². The van der Waals surface area contributed by atoms with E-state index in [1.54, 1.807) is 23.9 Å². The minimum Gasteiger partial charge on any atom is -0.497 e. The van der Waals surface area contributed by atoms with Gasteiger partial charge in [-0.05, 0) is 48.9 Å². The molecule has 0 aliphatic rings. The van der Waals surface area contributed by atoms with Gasteiger partial charge in [0.1, 0.15) is 29.1 Å². The maximum atomic E-state index is 13.0. The van der Waals surface area contributed by atoms with Gasteiger partial charge < -0.3 is 14.8 Å². The van der Waals surface area contributed by atoms with Gasteiger partial charge in [-0.15, -0.1) is 0 Å². The van der Waals surface area contributed by atoms with E-state index in [4.69, 9.17) is 21.1 Å². The quantitative estimate of drug-likeness (QED) is 0.544. The van der Waals surface area contributed by atoms with Crippen LogP contribution in [0.4, 0.5) is 4.39 Å². The summed E-state index contributed by atoms with van der Waals surface area (Å²) in [7, 11) is 1.63. The third kappa shape index (κ3) is 5.24. The van der Waals surface area contributed by atoms with Crippen LogP contribution in [0.1, 0.15) is 16.8 Å². The number of benzene rings is 2. The Morgan fingerprint density at radius 3 is 2.43 bits per heavy atom. The van der Waals surface area contributed by atoms with Crippen LogP contribution in [0.15, 0.2) is 48.5 Å². The second-order valence-corrected chi connectivity index (χ2v) is 6.70. The van der Waals surface area contributed by atoms with E-state index in [1.807, 2.05) is 31.2 Å². The van der Waals surface area contributed by atoms with E-state index in [-0.39, 0.29) is 5.82 Å². The van der Waals surface area contributed by atoms with E-state index in [0.717, 1.165) is 28.3 Å². The van der Waals surface area contributed by atoms with Crippen LogP contribution in [0, 0.1) is 12.7 Å². The average Bonchev–Trinajstić information content (AvgIpc) is 2.97. The molecule has 1 heterocycles. The summed E-state index contributed by atoms with van der Waals surface area (Å²) in [6.45, 7) is 4.23. The lowest BCUT2D eigenvalue weighted by Gasteiger charge is -2.08. The maximum absolute atomic E-state index is 13.0. The first-order chi connectivity index (χ1) is 13.6. The van der Waals surface area contributed by atoms with Gasteiger partial charge in [0.15, 0.2) is 0 Å². The molecule has 0 saturated heterocycles. The molecule has 0 amide bonds. The molecule has 0 bridgehead atoms. The normalized spacial score (nSPS) is 10.9. The molecular formula is C21H23ClFN3O2. The molecule has 1 N–H and O–H groups in total. The number of halogens is 2. The van der Waals surface area contributed by atoms with Crippen LogP contribution < -0.4 is 14.8 Å². The number of ether oxygens (including phenoxy) is 2. The van der Waals surface area contributed by atoms with Crippen LogP contribution in [0.5, 0.6) is 11.5 Å². The summed E-state index contributed by atoms with van der Waals surface area (Å²) >= 11 is 6.49. The number of hydrogen-bond acceptors (Lipinski definition) is 4. The molecule has 0 saturated carbocycles. The van der Waals surface area contributed by atoms with Gasteiger partial charge in [-0.3, -0.25) is 0 Å². The minimum atomic E-state index is -0.256. The van der Waals surface area contributed by atoms with Gasteiger partial charge in [-0.25, -0.2) is 9.07 Å². The number of rotatable bonds is 9. The van der Waals surface area contributed by atoms with Crippen LogP contribution in [-0.2, 0) is 13.1 Å². The molecule has 7 heteroatoms. The lowest BCUT2D eigenvalue weighted by Crippen LogP contribution is -2.21. The average molecular weight is 404 g/mol. The van der Waals surface area contributed by atoms with Crippen LogP contribution in [0.3, 0.4) is 0 Å². The summed E-state index contributed by atoms with van der Waals surface area (Å²) in [5.41, 5.74) is 2.77. The van der Waals surface area contributed by atoms with Crippen molar-refractivity contribution in [2.75, 3.05) is 20.3 Å². The predicted molar refractivity (Wildman–Crippen MR) is 108 cm³/mol. The molecule has 2 aromatic carbocycles. The molecule has 0 unspecified atom stereocenters. The zero-order chi connectivity index (χ0) is 19.9. The Balaban J connectivity index is 1.48. The summed E-state index contributed by atoms with van der Waals surface area (Å²) in [6, 6.07) is 13.8. The van der Waals surface area contributed by atoms with Gasteiger partial charge in [0, 0.05) is 18.7 Å². The summed E-state index contributed by atoms with van der Waals surface area (Å²) in [6.07, 6.45) is 0. The van der Waals surface area contributed by atoms with Crippen LogP contribution in [0.2, 0.25) is 5.15 Å². The molecule has 1 aromatic heterocycles. The van der Waals surface area contributed by atoms with Gasteiger partial charge in [0.25, 0.3) is 0 Å². The van der Waals surface area contributed by atoms with Crippen molar-refractivity contribution in [3.63, 3.8) is 0 Å². The van der Waals surface area contributed by atoms with Crippen molar-refractivity contribution in [3.05, 3.63) is 76.3 Å². The number of methoxy groups -OCH3 is 1. The number of aryl methyl sites for hydroxylation is 1. The number of nitrogens with zero attached hydrogens (tertiary/aromatic N) is 2. The Hall–Kier alpha value is -2.57. The summed E-state index contributed by atoms with van der Waals surface area (Å²) in [4.78, 5) is 0. The molecular weight excluding hydrogens is 381 g/mol. The summed E-state index contributed by atoms with van der Waals surface area (Å²) < 4.78 is 25.6. The van der Waals surface area contributed by atoms with E-state index in [0.29, 0.717) is 31.4 Å².